The first-order valence-corrected chi connectivity index (χ1v) is 7.73. The third kappa shape index (κ3) is 2.37. The van der Waals surface area contributed by atoms with E-state index < -0.39 is 10.0 Å². The maximum atomic E-state index is 11.7. The number of nitrogens with one attached hydrogen (secondary N) is 1. The van der Waals surface area contributed by atoms with E-state index in [1.165, 1.54) is 12.8 Å². The number of nitrogens with zero attached hydrogens (tertiary/aromatic N) is 2. The van der Waals surface area contributed by atoms with E-state index in [2.05, 4.69) is 14.3 Å². The van der Waals surface area contributed by atoms with Gasteiger partial charge in [0.2, 0.25) is 10.0 Å². The predicted molar refractivity (Wildman–Crippen MR) is 63.9 cm³/mol. The number of fused-ring (bicyclic) bond motifs is 1. The van der Waals surface area contributed by atoms with Crippen LogP contribution in [0, 0.1) is 0 Å². The Bertz CT molecular complexity index is 493. The van der Waals surface area contributed by atoms with E-state index >= 15 is 0 Å². The fourth-order valence-electron chi connectivity index (χ4n) is 2.23. The molecule has 1 aromatic rings. The number of sulfonamides is 1. The highest BCUT2D eigenvalue weighted by Gasteiger charge is 2.35. The van der Waals surface area contributed by atoms with Crippen molar-refractivity contribution in [1.82, 2.24) is 14.3 Å². The first kappa shape index (κ1) is 11.2. The smallest absolute Gasteiger partial charge is 0.214 e. The molecule has 0 spiro atoms. The van der Waals surface area contributed by atoms with Gasteiger partial charge in [-0.1, -0.05) is 0 Å². The Morgan fingerprint density at radius 3 is 2.94 bits per heavy atom. The van der Waals surface area contributed by atoms with Crippen LogP contribution in [0.2, 0.25) is 0 Å². The van der Waals surface area contributed by atoms with Gasteiger partial charge in [0.15, 0.2) is 0 Å². The predicted octanol–water partition coefficient (Wildman–Crippen LogP) is 0.801. The molecule has 0 unspecified atom stereocenters. The summed E-state index contributed by atoms with van der Waals surface area (Å²) >= 11 is 0. The van der Waals surface area contributed by atoms with Crippen LogP contribution in [0.1, 0.15) is 37.2 Å². The summed E-state index contributed by atoms with van der Waals surface area (Å²) in [5, 5.41) is -0.153. The number of hydrogen-bond donors (Lipinski definition) is 1. The van der Waals surface area contributed by atoms with Crippen LogP contribution in [0.4, 0.5) is 0 Å². The molecule has 3 rings (SSSR count). The molecule has 17 heavy (non-hydrogen) atoms. The summed E-state index contributed by atoms with van der Waals surface area (Å²) in [5.41, 5.74) is 0.839. The largest absolute Gasteiger partial charge is 0.335 e. The van der Waals surface area contributed by atoms with Crippen LogP contribution in [0.3, 0.4) is 0 Å². The van der Waals surface area contributed by atoms with Crippen molar-refractivity contribution >= 4 is 10.0 Å². The summed E-state index contributed by atoms with van der Waals surface area (Å²) in [6, 6.07) is 0. The SMILES string of the molecule is O=S(=O)(NCc1cn2c(n1)CCCC2)C1CC1. The van der Waals surface area contributed by atoms with Gasteiger partial charge in [-0.25, -0.2) is 18.1 Å². The molecule has 1 aliphatic heterocycles. The van der Waals surface area contributed by atoms with E-state index in [-0.39, 0.29) is 5.25 Å². The zero-order valence-corrected chi connectivity index (χ0v) is 10.5. The molecule has 1 fully saturated rings. The van der Waals surface area contributed by atoms with E-state index in [4.69, 9.17) is 0 Å². The molecule has 5 nitrogen and oxygen atoms in total. The van der Waals surface area contributed by atoms with Crippen molar-refractivity contribution in [3.63, 3.8) is 0 Å². The number of rotatable bonds is 4. The number of imidazole rings is 1. The van der Waals surface area contributed by atoms with Crippen LogP contribution in [-0.4, -0.2) is 23.2 Å². The Balaban J connectivity index is 1.67. The maximum Gasteiger partial charge on any atom is 0.214 e. The van der Waals surface area contributed by atoms with Gasteiger partial charge in [-0.3, -0.25) is 0 Å². The topological polar surface area (TPSA) is 64.0 Å². The molecule has 1 aliphatic carbocycles. The van der Waals surface area contributed by atoms with E-state index in [1.807, 2.05) is 6.20 Å². The summed E-state index contributed by atoms with van der Waals surface area (Å²) in [5.74, 6) is 1.09. The monoisotopic (exact) mass is 255 g/mol. The average Bonchev–Trinajstić information content (AvgIpc) is 3.07. The highest BCUT2D eigenvalue weighted by atomic mass is 32.2. The minimum atomic E-state index is -3.09. The van der Waals surface area contributed by atoms with E-state index in [1.54, 1.807) is 0 Å². The van der Waals surface area contributed by atoms with Gasteiger partial charge >= 0.3 is 0 Å². The van der Waals surface area contributed by atoms with Crippen molar-refractivity contribution < 1.29 is 8.42 Å². The zero-order chi connectivity index (χ0) is 11.9. The molecule has 0 aromatic carbocycles. The molecular weight excluding hydrogens is 238 g/mol. The van der Waals surface area contributed by atoms with E-state index in [0.29, 0.717) is 6.54 Å². The average molecular weight is 255 g/mol. The van der Waals surface area contributed by atoms with Gasteiger partial charge in [0.25, 0.3) is 0 Å². The molecule has 2 heterocycles. The molecule has 0 bridgehead atoms. The Kier molecular flexibility index (Phi) is 2.71. The Morgan fingerprint density at radius 2 is 2.24 bits per heavy atom. The van der Waals surface area contributed by atoms with Gasteiger partial charge in [-0.2, -0.15) is 0 Å². The van der Waals surface area contributed by atoms with Crippen LogP contribution < -0.4 is 4.72 Å². The fraction of sp³-hybridized carbons (Fsp3) is 0.727. The van der Waals surface area contributed by atoms with Crippen LogP contribution >= 0.6 is 0 Å². The first-order valence-electron chi connectivity index (χ1n) is 6.18. The second-order valence-corrected chi connectivity index (χ2v) is 6.91. The van der Waals surface area contributed by atoms with Crippen molar-refractivity contribution in [3.05, 3.63) is 17.7 Å². The molecule has 94 valence electrons. The summed E-state index contributed by atoms with van der Waals surface area (Å²) in [6.45, 7) is 1.34. The first-order chi connectivity index (χ1) is 8.15. The second kappa shape index (κ2) is 4.10. The van der Waals surface area contributed by atoms with E-state index in [9.17, 15) is 8.42 Å². The molecule has 1 saturated carbocycles. The standard InChI is InChI=1S/C11H17N3O2S/c15-17(16,10-4-5-10)12-7-9-8-14-6-2-1-3-11(14)13-9/h8,10,12H,1-7H2. The summed E-state index contributed by atoms with van der Waals surface area (Å²) in [6.07, 6.45) is 6.96. The van der Waals surface area contributed by atoms with Crippen LogP contribution in [0.5, 0.6) is 0 Å². The van der Waals surface area contributed by atoms with Crippen molar-refractivity contribution in [2.24, 2.45) is 0 Å². The van der Waals surface area contributed by atoms with Crippen LogP contribution in [0.15, 0.2) is 6.20 Å². The number of aryl methyl sites for hydroxylation is 2. The molecular formula is C11H17N3O2S. The van der Waals surface area contributed by atoms with Crippen molar-refractivity contribution in [3.8, 4) is 0 Å². The van der Waals surface area contributed by atoms with Gasteiger partial charge in [0, 0.05) is 19.2 Å². The summed E-state index contributed by atoms with van der Waals surface area (Å²) in [7, 11) is -3.09. The lowest BCUT2D eigenvalue weighted by molar-refractivity contribution is 0.522. The Hall–Kier alpha value is -0.880. The third-order valence-corrected chi connectivity index (χ3v) is 5.27. The Labute approximate surface area is 101 Å². The van der Waals surface area contributed by atoms with Gasteiger partial charge in [0.1, 0.15) is 5.82 Å². The number of hydrogen-bond acceptors (Lipinski definition) is 3. The van der Waals surface area contributed by atoms with Crippen molar-refractivity contribution in [1.29, 1.82) is 0 Å². The molecule has 2 aliphatic rings. The zero-order valence-electron chi connectivity index (χ0n) is 9.72. The molecule has 0 radical (unpaired) electrons. The van der Waals surface area contributed by atoms with E-state index in [0.717, 1.165) is 37.3 Å². The third-order valence-electron chi connectivity index (χ3n) is 3.38. The maximum absolute atomic E-state index is 11.7. The van der Waals surface area contributed by atoms with Crippen LogP contribution in [0.25, 0.3) is 0 Å². The van der Waals surface area contributed by atoms with Crippen LogP contribution in [-0.2, 0) is 29.5 Å². The quantitative estimate of drug-likeness (QED) is 0.865. The molecule has 0 atom stereocenters. The summed E-state index contributed by atoms with van der Waals surface area (Å²) < 4.78 is 28.1. The molecule has 6 heteroatoms. The highest BCUT2D eigenvalue weighted by molar-refractivity contribution is 7.90. The lowest BCUT2D eigenvalue weighted by Gasteiger charge is -2.11. The molecule has 0 amide bonds. The normalized spacial score (nSPS) is 20.2. The molecule has 1 aromatic heterocycles. The molecule has 0 saturated heterocycles. The lowest BCUT2D eigenvalue weighted by atomic mass is 10.2. The second-order valence-electron chi connectivity index (χ2n) is 4.86. The van der Waals surface area contributed by atoms with Gasteiger partial charge in [-0.15, -0.1) is 0 Å². The van der Waals surface area contributed by atoms with Gasteiger partial charge < -0.3 is 4.57 Å². The van der Waals surface area contributed by atoms with Crippen molar-refractivity contribution in [2.45, 2.75) is 50.4 Å². The minimum Gasteiger partial charge on any atom is -0.335 e. The lowest BCUT2D eigenvalue weighted by Crippen LogP contribution is -2.26. The molecule has 1 N–H and O–H groups in total. The fourth-order valence-corrected chi connectivity index (χ4v) is 3.57. The van der Waals surface area contributed by atoms with Gasteiger partial charge in [0.05, 0.1) is 17.5 Å². The number of aromatic nitrogens is 2. The van der Waals surface area contributed by atoms with Gasteiger partial charge in [-0.05, 0) is 25.7 Å². The Morgan fingerprint density at radius 1 is 1.41 bits per heavy atom. The van der Waals surface area contributed by atoms with Crippen molar-refractivity contribution in [2.75, 3.05) is 0 Å². The highest BCUT2D eigenvalue weighted by Crippen LogP contribution is 2.27. The summed E-state index contributed by atoms with van der Waals surface area (Å²) in [4.78, 5) is 4.47. The minimum absolute atomic E-state index is 0.153.